The molecule has 3 aromatic carbocycles. The van der Waals surface area contributed by atoms with E-state index in [1.807, 2.05) is 36.4 Å². The van der Waals surface area contributed by atoms with Gasteiger partial charge >= 0.3 is 5.63 Å². The van der Waals surface area contributed by atoms with E-state index in [9.17, 15) is 19.2 Å². The lowest BCUT2D eigenvalue weighted by Crippen LogP contribution is -2.34. The van der Waals surface area contributed by atoms with Crippen LogP contribution in [-0.4, -0.2) is 29.0 Å². The highest BCUT2D eigenvalue weighted by Crippen LogP contribution is 2.39. The molecule has 0 radical (unpaired) electrons. The van der Waals surface area contributed by atoms with Crippen LogP contribution in [0.25, 0.3) is 38.6 Å². The molecule has 2 amide bonds. The number of thiophene rings is 1. The zero-order valence-corrected chi connectivity index (χ0v) is 18.9. The molecule has 0 bridgehead atoms. The normalized spacial score (nSPS) is 13.5. The molecule has 0 fully saturated rings. The molecule has 0 saturated heterocycles. The minimum absolute atomic E-state index is 0.269. The summed E-state index contributed by atoms with van der Waals surface area (Å²) >= 11 is 1.17. The maximum Gasteiger partial charge on any atom is 0.347 e. The van der Waals surface area contributed by atoms with Crippen LogP contribution < -0.4 is 11.4 Å². The SMILES string of the molecule is Nc1sc(/C=C/C(=O)CN2C(=O)c3ccccc3C2=O)c2c1c(=O)oc1c3ccccc3ccc12. The van der Waals surface area contributed by atoms with Gasteiger partial charge in [-0.05, 0) is 35.7 Å². The Labute approximate surface area is 201 Å². The number of carbonyl (C=O) groups is 3. The van der Waals surface area contributed by atoms with E-state index in [1.165, 1.54) is 17.4 Å². The van der Waals surface area contributed by atoms with Crippen LogP contribution in [0.1, 0.15) is 25.6 Å². The summed E-state index contributed by atoms with van der Waals surface area (Å²) in [4.78, 5) is 52.2. The number of rotatable bonds is 4. The van der Waals surface area contributed by atoms with Gasteiger partial charge in [-0.15, -0.1) is 11.3 Å². The van der Waals surface area contributed by atoms with Crippen LogP contribution in [0.4, 0.5) is 5.00 Å². The second-order valence-electron chi connectivity index (χ2n) is 8.18. The van der Waals surface area contributed by atoms with Gasteiger partial charge in [0.15, 0.2) is 5.78 Å². The second-order valence-corrected chi connectivity index (χ2v) is 9.26. The number of anilines is 1. The quantitative estimate of drug-likeness (QED) is 0.174. The van der Waals surface area contributed by atoms with Crippen molar-refractivity contribution < 1.29 is 18.8 Å². The summed E-state index contributed by atoms with van der Waals surface area (Å²) in [5.74, 6) is -1.42. The average Bonchev–Trinajstić information content (AvgIpc) is 3.33. The summed E-state index contributed by atoms with van der Waals surface area (Å²) in [6, 6.07) is 17.9. The van der Waals surface area contributed by atoms with E-state index in [-0.39, 0.29) is 28.1 Å². The smallest absolute Gasteiger partial charge is 0.347 e. The molecule has 170 valence electrons. The fourth-order valence-electron chi connectivity index (χ4n) is 4.51. The first-order valence-electron chi connectivity index (χ1n) is 10.8. The number of imide groups is 1. The van der Waals surface area contributed by atoms with E-state index in [0.717, 1.165) is 15.7 Å². The molecule has 2 N–H and O–H groups in total. The largest absolute Gasteiger partial charge is 0.422 e. The number of amides is 2. The number of nitrogen functional groups attached to an aromatic ring is 1. The van der Waals surface area contributed by atoms with Crippen molar-refractivity contribution in [2.45, 2.75) is 0 Å². The highest BCUT2D eigenvalue weighted by atomic mass is 32.1. The van der Waals surface area contributed by atoms with Crippen LogP contribution in [0, 0.1) is 0 Å². The molecule has 35 heavy (non-hydrogen) atoms. The van der Waals surface area contributed by atoms with Crippen LogP contribution in [0.5, 0.6) is 0 Å². The standard InChI is InChI=1S/C27H16N2O5S/c28-24-22-21(19-11-9-14-5-1-2-6-16(14)23(19)34-27(22)33)20(35-24)12-10-15(30)13-29-25(31)17-7-3-4-8-18(17)26(29)32/h1-12H,13,28H2/b12-10+. The van der Waals surface area contributed by atoms with Crippen molar-refractivity contribution in [3.63, 3.8) is 0 Å². The summed E-state index contributed by atoms with van der Waals surface area (Å²) in [6.07, 6.45) is 2.87. The molecular formula is C27H16N2O5S. The summed E-state index contributed by atoms with van der Waals surface area (Å²) in [6.45, 7) is -0.380. The molecule has 0 aliphatic carbocycles. The van der Waals surface area contributed by atoms with Crippen molar-refractivity contribution in [3.8, 4) is 0 Å². The molecule has 0 saturated carbocycles. The number of fused-ring (bicyclic) bond motifs is 6. The van der Waals surface area contributed by atoms with E-state index < -0.39 is 23.2 Å². The fraction of sp³-hybridized carbons (Fsp3) is 0.0370. The van der Waals surface area contributed by atoms with Gasteiger partial charge in [0.1, 0.15) is 16.0 Å². The lowest BCUT2D eigenvalue weighted by Gasteiger charge is -2.11. The molecule has 3 heterocycles. The molecular weight excluding hydrogens is 464 g/mol. The number of ketones is 1. The van der Waals surface area contributed by atoms with Crippen LogP contribution >= 0.6 is 11.3 Å². The Kier molecular flexibility index (Phi) is 4.65. The fourth-order valence-corrected chi connectivity index (χ4v) is 5.48. The minimum Gasteiger partial charge on any atom is -0.422 e. The third-order valence-corrected chi connectivity index (χ3v) is 7.11. The summed E-state index contributed by atoms with van der Waals surface area (Å²) < 4.78 is 5.65. The predicted molar refractivity (Wildman–Crippen MR) is 136 cm³/mol. The maximum absolute atomic E-state index is 12.8. The Bertz CT molecular complexity index is 1790. The number of hydrogen-bond acceptors (Lipinski definition) is 7. The zero-order valence-electron chi connectivity index (χ0n) is 18.1. The minimum atomic E-state index is -0.547. The molecule has 5 aromatic rings. The van der Waals surface area contributed by atoms with Crippen LogP contribution in [0.3, 0.4) is 0 Å². The topological polar surface area (TPSA) is 111 Å². The lowest BCUT2D eigenvalue weighted by atomic mass is 10.0. The lowest BCUT2D eigenvalue weighted by molar-refractivity contribution is -0.114. The zero-order chi connectivity index (χ0) is 24.3. The Morgan fingerprint density at radius 2 is 1.57 bits per heavy atom. The first-order valence-corrected chi connectivity index (χ1v) is 11.6. The highest BCUT2D eigenvalue weighted by Gasteiger charge is 2.35. The molecule has 1 aliphatic heterocycles. The molecule has 6 rings (SSSR count). The monoisotopic (exact) mass is 480 g/mol. The van der Waals surface area contributed by atoms with Gasteiger partial charge in [0, 0.05) is 21.0 Å². The summed E-state index contributed by atoms with van der Waals surface area (Å²) in [7, 11) is 0. The predicted octanol–water partition coefficient (Wildman–Crippen LogP) is 4.62. The first kappa shape index (κ1) is 21.0. The molecule has 8 heteroatoms. The second kappa shape index (κ2) is 7.75. The van der Waals surface area contributed by atoms with Gasteiger partial charge in [-0.2, -0.15) is 0 Å². The van der Waals surface area contributed by atoms with Gasteiger partial charge in [0.2, 0.25) is 0 Å². The molecule has 2 aromatic heterocycles. The van der Waals surface area contributed by atoms with Gasteiger partial charge < -0.3 is 10.2 Å². The van der Waals surface area contributed by atoms with Crippen molar-refractivity contribution in [1.82, 2.24) is 4.90 Å². The number of nitrogens with two attached hydrogens (primary N) is 1. The Morgan fingerprint density at radius 1 is 0.886 bits per heavy atom. The van der Waals surface area contributed by atoms with Gasteiger partial charge in [-0.25, -0.2) is 4.79 Å². The molecule has 1 aliphatic rings. The van der Waals surface area contributed by atoms with Crippen molar-refractivity contribution in [3.05, 3.63) is 93.2 Å². The number of carbonyl (C=O) groups excluding carboxylic acids is 3. The van der Waals surface area contributed by atoms with E-state index in [1.54, 1.807) is 30.3 Å². The first-order chi connectivity index (χ1) is 16.9. The van der Waals surface area contributed by atoms with E-state index in [0.29, 0.717) is 21.2 Å². The third kappa shape index (κ3) is 3.18. The number of benzene rings is 3. The summed E-state index contributed by atoms with van der Waals surface area (Å²) in [5, 5.41) is 3.60. The maximum atomic E-state index is 12.8. The Hall–Kier alpha value is -4.56. The van der Waals surface area contributed by atoms with E-state index >= 15 is 0 Å². The van der Waals surface area contributed by atoms with Crippen LogP contribution in [0.15, 0.2) is 76.0 Å². The van der Waals surface area contributed by atoms with Crippen molar-refractivity contribution in [1.29, 1.82) is 0 Å². The van der Waals surface area contributed by atoms with E-state index in [4.69, 9.17) is 10.2 Å². The van der Waals surface area contributed by atoms with Crippen molar-refractivity contribution in [2.24, 2.45) is 0 Å². The van der Waals surface area contributed by atoms with Gasteiger partial charge in [-0.3, -0.25) is 19.3 Å². The average molecular weight is 481 g/mol. The van der Waals surface area contributed by atoms with Crippen LogP contribution in [0.2, 0.25) is 0 Å². The van der Waals surface area contributed by atoms with Gasteiger partial charge in [0.05, 0.1) is 17.7 Å². The highest BCUT2D eigenvalue weighted by molar-refractivity contribution is 7.18. The van der Waals surface area contributed by atoms with E-state index in [2.05, 4.69) is 0 Å². The Balaban J connectivity index is 1.39. The third-order valence-electron chi connectivity index (χ3n) is 6.12. The molecule has 0 unspecified atom stereocenters. The van der Waals surface area contributed by atoms with Crippen molar-refractivity contribution >= 4 is 72.5 Å². The van der Waals surface area contributed by atoms with Gasteiger partial charge in [-0.1, -0.05) is 42.5 Å². The molecule has 0 spiro atoms. The number of hydrogen-bond donors (Lipinski definition) is 1. The molecule has 7 nitrogen and oxygen atoms in total. The Morgan fingerprint density at radius 3 is 2.31 bits per heavy atom. The molecule has 0 atom stereocenters. The van der Waals surface area contributed by atoms with Crippen LogP contribution in [-0.2, 0) is 4.79 Å². The van der Waals surface area contributed by atoms with Gasteiger partial charge in [0.25, 0.3) is 11.8 Å². The van der Waals surface area contributed by atoms with Crippen molar-refractivity contribution in [2.75, 3.05) is 12.3 Å². The number of nitrogens with zero attached hydrogens (tertiary/aromatic N) is 1. The summed E-state index contributed by atoms with van der Waals surface area (Å²) in [5.41, 5.74) is 6.63.